The van der Waals surface area contributed by atoms with Crippen molar-refractivity contribution >= 4 is 0 Å². The standard InChI is InChI=1S/C28H34.C9H18.C7H16.2CH4/c1-20-15-21(2)17-25(16-20)28(7,19-23-11-9-8-10-12-23)24-14-13-22(3)26(18-24)27(4,5)6;1-8(2)6-7-9(3,4)5;1-6(2)7(3,4)5;;/h8-18H,19H2,1-7H3;1,6-7H2,2-5H3;6H,1-5H3;2*1H4. The molecule has 0 aliphatic heterocycles. The Kier molecular flexibility index (Phi) is 18.5. The Bertz CT molecular complexity index is 1280. The van der Waals surface area contributed by atoms with E-state index in [1.54, 1.807) is 0 Å². The SMILES string of the molecule is C.C.C=C(C)CCC(C)(C)C.CC(C)C(C)(C)C.Cc1cc(C)cc(C(C)(Cc2ccccc2)c2ccc(C)c(C(C)(C)C)c2)c1. The molecule has 0 N–H and O–H groups in total. The van der Waals surface area contributed by atoms with E-state index in [0.717, 1.165) is 12.3 Å². The van der Waals surface area contributed by atoms with Crippen molar-refractivity contribution in [2.24, 2.45) is 16.7 Å². The highest BCUT2D eigenvalue weighted by Gasteiger charge is 2.31. The molecule has 0 spiro atoms. The van der Waals surface area contributed by atoms with Gasteiger partial charge in [-0.3, -0.25) is 0 Å². The summed E-state index contributed by atoms with van der Waals surface area (Å²) in [5.74, 6) is 0.799. The zero-order chi connectivity index (χ0) is 34.1. The molecule has 1 unspecified atom stereocenters. The van der Waals surface area contributed by atoms with Crippen LogP contribution in [0.1, 0.15) is 157 Å². The van der Waals surface area contributed by atoms with E-state index in [1.807, 2.05) is 0 Å². The van der Waals surface area contributed by atoms with Crippen molar-refractivity contribution in [2.45, 2.75) is 156 Å². The minimum Gasteiger partial charge on any atom is -0.100 e. The largest absolute Gasteiger partial charge is 0.100 e. The first-order valence-electron chi connectivity index (χ1n) is 16.8. The van der Waals surface area contributed by atoms with E-state index in [0.29, 0.717) is 10.8 Å². The first-order valence-corrected chi connectivity index (χ1v) is 16.8. The smallest absolute Gasteiger partial charge is 0.0215 e. The Labute approximate surface area is 289 Å². The molecule has 3 aromatic carbocycles. The second-order valence-corrected chi connectivity index (χ2v) is 17.2. The van der Waals surface area contributed by atoms with Gasteiger partial charge in [0, 0.05) is 5.41 Å². The lowest BCUT2D eigenvalue weighted by Gasteiger charge is -2.34. The Hall–Kier alpha value is -2.60. The van der Waals surface area contributed by atoms with Crippen LogP contribution in [0.4, 0.5) is 0 Å². The van der Waals surface area contributed by atoms with Gasteiger partial charge in [0.25, 0.3) is 0 Å². The molecule has 0 heteroatoms. The molecule has 0 aliphatic rings. The number of hydrogen-bond acceptors (Lipinski definition) is 0. The molecule has 1 atom stereocenters. The monoisotopic (exact) mass is 629 g/mol. The van der Waals surface area contributed by atoms with E-state index in [1.165, 1.54) is 57.4 Å². The molecule has 46 heavy (non-hydrogen) atoms. The van der Waals surface area contributed by atoms with E-state index in [-0.39, 0.29) is 25.7 Å². The molecule has 0 saturated heterocycles. The quantitative estimate of drug-likeness (QED) is 0.238. The molecule has 0 bridgehead atoms. The fraction of sp³-hybridized carbons (Fsp3) is 0.565. The van der Waals surface area contributed by atoms with E-state index in [2.05, 4.69) is 184 Å². The Balaban J connectivity index is 0. The summed E-state index contributed by atoms with van der Waals surface area (Å²) < 4.78 is 0. The first kappa shape index (κ1) is 45.5. The van der Waals surface area contributed by atoms with Crippen LogP contribution in [-0.4, -0.2) is 0 Å². The molecule has 0 radical (unpaired) electrons. The molecule has 0 saturated carbocycles. The van der Waals surface area contributed by atoms with Crippen molar-refractivity contribution in [3.05, 3.63) is 118 Å². The normalized spacial score (nSPS) is 12.7. The van der Waals surface area contributed by atoms with Crippen LogP contribution in [-0.2, 0) is 17.3 Å². The fourth-order valence-corrected chi connectivity index (χ4v) is 5.03. The van der Waals surface area contributed by atoms with Crippen molar-refractivity contribution in [2.75, 3.05) is 0 Å². The predicted octanol–water partition coefficient (Wildman–Crippen LogP) is 14.8. The molecule has 3 aromatic rings. The number of allylic oxidation sites excluding steroid dienone is 1. The lowest BCUT2D eigenvalue weighted by molar-refractivity contribution is 0.283. The average molecular weight is 629 g/mol. The number of aryl methyl sites for hydroxylation is 3. The maximum atomic E-state index is 3.86. The highest BCUT2D eigenvalue weighted by Crippen LogP contribution is 2.39. The third-order valence-corrected chi connectivity index (χ3v) is 8.98. The highest BCUT2D eigenvalue weighted by molar-refractivity contribution is 5.47. The molecular formula is C46H76. The number of rotatable bonds is 6. The average Bonchev–Trinajstić information content (AvgIpc) is 2.87. The van der Waals surface area contributed by atoms with Crippen molar-refractivity contribution in [1.82, 2.24) is 0 Å². The van der Waals surface area contributed by atoms with Gasteiger partial charge in [0.2, 0.25) is 0 Å². The van der Waals surface area contributed by atoms with Crippen LogP contribution in [0.5, 0.6) is 0 Å². The Morgan fingerprint density at radius 3 is 1.52 bits per heavy atom. The molecule has 3 rings (SSSR count). The number of hydrogen-bond donors (Lipinski definition) is 0. The zero-order valence-electron chi connectivity index (χ0n) is 31.8. The molecule has 0 fully saturated rings. The maximum Gasteiger partial charge on any atom is 0.0215 e. The van der Waals surface area contributed by atoms with Gasteiger partial charge < -0.3 is 0 Å². The van der Waals surface area contributed by atoms with Gasteiger partial charge in [-0.2, -0.15) is 0 Å². The van der Waals surface area contributed by atoms with Crippen LogP contribution < -0.4 is 0 Å². The van der Waals surface area contributed by atoms with Crippen LogP contribution in [0.3, 0.4) is 0 Å². The van der Waals surface area contributed by atoms with E-state index in [4.69, 9.17) is 0 Å². The second-order valence-electron chi connectivity index (χ2n) is 17.2. The lowest BCUT2D eigenvalue weighted by atomic mass is 9.69. The molecule has 0 amide bonds. The van der Waals surface area contributed by atoms with Gasteiger partial charge in [-0.1, -0.05) is 181 Å². The summed E-state index contributed by atoms with van der Waals surface area (Å²) in [6.07, 6.45) is 3.41. The molecule has 0 aliphatic carbocycles. The summed E-state index contributed by atoms with van der Waals surface area (Å²) in [7, 11) is 0. The van der Waals surface area contributed by atoms with Gasteiger partial charge in [-0.15, -0.1) is 6.58 Å². The maximum absolute atomic E-state index is 3.86. The molecule has 0 aromatic heterocycles. The third-order valence-electron chi connectivity index (χ3n) is 8.98. The van der Waals surface area contributed by atoms with Crippen molar-refractivity contribution < 1.29 is 0 Å². The van der Waals surface area contributed by atoms with Crippen LogP contribution in [0.15, 0.2) is 78.9 Å². The van der Waals surface area contributed by atoms with Gasteiger partial charge in [0.05, 0.1) is 0 Å². The van der Waals surface area contributed by atoms with Gasteiger partial charge >= 0.3 is 0 Å². The molecular weight excluding hydrogens is 553 g/mol. The predicted molar refractivity (Wildman–Crippen MR) is 214 cm³/mol. The minimum atomic E-state index is -0.0775. The number of benzene rings is 3. The zero-order valence-corrected chi connectivity index (χ0v) is 31.8. The van der Waals surface area contributed by atoms with E-state index >= 15 is 0 Å². The summed E-state index contributed by atoms with van der Waals surface area (Å²) in [6, 6.07) is 25.0. The van der Waals surface area contributed by atoms with Crippen LogP contribution in [0, 0.1) is 37.5 Å². The van der Waals surface area contributed by atoms with Crippen LogP contribution in [0.25, 0.3) is 0 Å². The van der Waals surface area contributed by atoms with Crippen molar-refractivity contribution in [3.63, 3.8) is 0 Å². The summed E-state index contributed by atoms with van der Waals surface area (Å²) in [5, 5.41) is 0. The first-order chi connectivity index (χ1) is 20.0. The summed E-state index contributed by atoms with van der Waals surface area (Å²) in [5.41, 5.74) is 12.0. The summed E-state index contributed by atoms with van der Waals surface area (Å²) in [6.45, 7) is 40.0. The van der Waals surface area contributed by atoms with Crippen LogP contribution in [0.2, 0.25) is 0 Å². The second kappa shape index (κ2) is 18.7. The topological polar surface area (TPSA) is 0 Å². The van der Waals surface area contributed by atoms with Gasteiger partial charge in [-0.25, -0.2) is 0 Å². The van der Waals surface area contributed by atoms with Gasteiger partial charge in [0.15, 0.2) is 0 Å². The van der Waals surface area contributed by atoms with Crippen LogP contribution >= 0.6 is 0 Å². The molecule has 0 nitrogen and oxygen atoms in total. The van der Waals surface area contributed by atoms with E-state index < -0.39 is 0 Å². The summed E-state index contributed by atoms with van der Waals surface area (Å²) in [4.78, 5) is 0. The lowest BCUT2D eigenvalue weighted by Crippen LogP contribution is -2.28. The van der Waals surface area contributed by atoms with Crippen molar-refractivity contribution in [3.8, 4) is 0 Å². The van der Waals surface area contributed by atoms with Crippen molar-refractivity contribution in [1.29, 1.82) is 0 Å². The Morgan fingerprint density at radius 1 is 0.674 bits per heavy atom. The molecule has 260 valence electrons. The van der Waals surface area contributed by atoms with Gasteiger partial charge in [-0.05, 0) is 96.9 Å². The highest BCUT2D eigenvalue weighted by atomic mass is 14.3. The summed E-state index contributed by atoms with van der Waals surface area (Å²) >= 11 is 0. The minimum absolute atomic E-state index is 0. The molecule has 0 heterocycles. The van der Waals surface area contributed by atoms with E-state index in [9.17, 15) is 0 Å². The Morgan fingerprint density at radius 2 is 1.15 bits per heavy atom. The van der Waals surface area contributed by atoms with Gasteiger partial charge in [0.1, 0.15) is 0 Å². The third kappa shape index (κ3) is 15.8. The fourth-order valence-electron chi connectivity index (χ4n) is 5.03.